The maximum Gasteiger partial charge on any atom is 0.268 e. The molecule has 2 aromatic rings. The minimum Gasteiger partial charge on any atom is -0.357 e. The molecule has 2 rings (SSSR count). The molecule has 1 aromatic heterocycles. The van der Waals surface area contributed by atoms with Gasteiger partial charge in [-0.05, 0) is 43.7 Å². The van der Waals surface area contributed by atoms with Crippen molar-refractivity contribution >= 4 is 17.5 Å². The van der Waals surface area contributed by atoms with Crippen LogP contribution in [0.3, 0.4) is 0 Å². The number of amides is 1. The highest BCUT2D eigenvalue weighted by Gasteiger charge is 2.23. The third-order valence-corrected chi connectivity index (χ3v) is 3.05. The summed E-state index contributed by atoms with van der Waals surface area (Å²) in [5, 5.41) is 3.64. The Balaban J connectivity index is 2.19. The van der Waals surface area contributed by atoms with Crippen molar-refractivity contribution in [1.82, 2.24) is 10.3 Å². The summed E-state index contributed by atoms with van der Waals surface area (Å²) in [4.78, 5) is 14.9. The number of H-pyrrole nitrogens is 1. The van der Waals surface area contributed by atoms with E-state index in [0.717, 1.165) is 5.56 Å². The van der Waals surface area contributed by atoms with Crippen LogP contribution >= 0.6 is 11.6 Å². The molecule has 0 unspecified atom stereocenters. The quantitative estimate of drug-likeness (QED) is 0.876. The first-order valence-corrected chi connectivity index (χ1v) is 6.09. The number of halogens is 1. The molecule has 0 radical (unpaired) electrons. The minimum absolute atomic E-state index is 0.134. The highest BCUT2D eigenvalue weighted by molar-refractivity contribution is 6.30. The van der Waals surface area contributed by atoms with E-state index in [0.29, 0.717) is 10.7 Å². The van der Waals surface area contributed by atoms with Gasteiger partial charge in [-0.3, -0.25) is 4.79 Å². The molecule has 94 valence electrons. The number of nitrogens with one attached hydrogen (secondary N) is 2. The zero-order valence-corrected chi connectivity index (χ0v) is 11.1. The number of hydrogen-bond acceptors (Lipinski definition) is 1. The van der Waals surface area contributed by atoms with Gasteiger partial charge in [-0.25, -0.2) is 0 Å². The van der Waals surface area contributed by atoms with Gasteiger partial charge in [0.1, 0.15) is 5.69 Å². The van der Waals surface area contributed by atoms with E-state index >= 15 is 0 Å². The Morgan fingerprint density at radius 2 is 2.06 bits per heavy atom. The highest BCUT2D eigenvalue weighted by Crippen LogP contribution is 2.23. The second-order valence-corrected chi connectivity index (χ2v) is 5.11. The van der Waals surface area contributed by atoms with Gasteiger partial charge >= 0.3 is 0 Å². The Kier molecular flexibility index (Phi) is 3.43. The molecular formula is C14H15ClN2O. The average Bonchev–Trinajstić information content (AvgIpc) is 2.82. The number of hydrogen-bond donors (Lipinski definition) is 2. The van der Waals surface area contributed by atoms with E-state index in [9.17, 15) is 4.79 Å². The normalized spacial score (nSPS) is 11.3. The molecule has 0 saturated carbocycles. The van der Waals surface area contributed by atoms with Crippen LogP contribution in [0.4, 0.5) is 0 Å². The van der Waals surface area contributed by atoms with Crippen molar-refractivity contribution < 1.29 is 4.79 Å². The molecule has 0 aliphatic heterocycles. The van der Waals surface area contributed by atoms with E-state index in [1.807, 2.05) is 38.1 Å². The fourth-order valence-corrected chi connectivity index (χ4v) is 1.96. The van der Waals surface area contributed by atoms with Gasteiger partial charge in [0.2, 0.25) is 0 Å². The number of carbonyl (C=O) groups is 1. The first-order valence-electron chi connectivity index (χ1n) is 5.71. The van der Waals surface area contributed by atoms with Gasteiger partial charge < -0.3 is 10.3 Å². The van der Waals surface area contributed by atoms with E-state index in [4.69, 9.17) is 11.6 Å². The van der Waals surface area contributed by atoms with Crippen LogP contribution in [0.1, 0.15) is 29.9 Å². The Morgan fingerprint density at radius 1 is 1.28 bits per heavy atom. The third kappa shape index (κ3) is 2.74. The number of rotatable bonds is 3. The molecule has 0 aliphatic rings. The summed E-state index contributed by atoms with van der Waals surface area (Å²) in [5.41, 5.74) is 1.03. The lowest BCUT2D eigenvalue weighted by Gasteiger charge is -2.26. The van der Waals surface area contributed by atoms with Crippen LogP contribution in [-0.2, 0) is 5.54 Å². The van der Waals surface area contributed by atoms with Crippen LogP contribution in [0.5, 0.6) is 0 Å². The first kappa shape index (κ1) is 12.7. The molecule has 0 atom stereocenters. The van der Waals surface area contributed by atoms with Crippen molar-refractivity contribution in [1.29, 1.82) is 0 Å². The molecule has 1 heterocycles. The second kappa shape index (κ2) is 4.86. The van der Waals surface area contributed by atoms with Crippen molar-refractivity contribution in [2.75, 3.05) is 0 Å². The molecule has 2 N–H and O–H groups in total. The molecule has 0 fully saturated rings. The van der Waals surface area contributed by atoms with Gasteiger partial charge in [0.15, 0.2) is 0 Å². The standard InChI is InChI=1S/C14H15ClN2O/c1-14(2,10-5-3-6-11(15)9-10)17-13(18)12-7-4-8-16-12/h3-9,16H,1-2H3,(H,17,18). The fraction of sp³-hybridized carbons (Fsp3) is 0.214. The van der Waals surface area contributed by atoms with Crippen molar-refractivity contribution in [2.24, 2.45) is 0 Å². The predicted molar refractivity (Wildman–Crippen MR) is 72.7 cm³/mol. The number of aromatic nitrogens is 1. The maximum atomic E-state index is 12.0. The van der Waals surface area contributed by atoms with Crippen molar-refractivity contribution in [3.63, 3.8) is 0 Å². The Hall–Kier alpha value is -1.74. The molecule has 3 nitrogen and oxygen atoms in total. The van der Waals surface area contributed by atoms with Crippen LogP contribution in [-0.4, -0.2) is 10.9 Å². The fourth-order valence-electron chi connectivity index (χ4n) is 1.77. The summed E-state index contributed by atoms with van der Waals surface area (Å²) < 4.78 is 0. The van der Waals surface area contributed by atoms with Crippen molar-refractivity contribution in [2.45, 2.75) is 19.4 Å². The van der Waals surface area contributed by atoms with Gasteiger partial charge in [-0.2, -0.15) is 0 Å². The smallest absolute Gasteiger partial charge is 0.268 e. The molecular weight excluding hydrogens is 248 g/mol. The molecule has 4 heteroatoms. The van der Waals surface area contributed by atoms with Gasteiger partial charge in [-0.15, -0.1) is 0 Å². The summed E-state index contributed by atoms with van der Waals surface area (Å²) in [6, 6.07) is 11.0. The Bertz CT molecular complexity index is 547. The highest BCUT2D eigenvalue weighted by atomic mass is 35.5. The van der Waals surface area contributed by atoms with Crippen LogP contribution in [0.15, 0.2) is 42.6 Å². The second-order valence-electron chi connectivity index (χ2n) is 4.67. The molecule has 0 saturated heterocycles. The Morgan fingerprint density at radius 3 is 2.67 bits per heavy atom. The topological polar surface area (TPSA) is 44.9 Å². The van der Waals surface area contributed by atoms with Crippen molar-refractivity contribution in [3.05, 3.63) is 58.9 Å². The Labute approximate surface area is 111 Å². The molecule has 1 aromatic carbocycles. The number of carbonyl (C=O) groups excluding carboxylic acids is 1. The van der Waals surface area contributed by atoms with E-state index in [1.165, 1.54) is 0 Å². The molecule has 0 bridgehead atoms. The van der Waals surface area contributed by atoms with Gasteiger partial charge in [0.05, 0.1) is 5.54 Å². The van der Waals surface area contributed by atoms with Crippen molar-refractivity contribution in [3.8, 4) is 0 Å². The van der Waals surface area contributed by atoms with Crippen LogP contribution in [0.25, 0.3) is 0 Å². The molecule has 0 aliphatic carbocycles. The largest absolute Gasteiger partial charge is 0.357 e. The summed E-state index contributed by atoms with van der Waals surface area (Å²) in [5.74, 6) is -0.134. The number of benzene rings is 1. The third-order valence-electron chi connectivity index (χ3n) is 2.81. The summed E-state index contributed by atoms with van der Waals surface area (Å²) in [6.45, 7) is 3.89. The molecule has 18 heavy (non-hydrogen) atoms. The summed E-state index contributed by atoms with van der Waals surface area (Å²) in [6.07, 6.45) is 1.72. The van der Waals surface area contributed by atoms with Crippen LogP contribution in [0, 0.1) is 0 Å². The maximum absolute atomic E-state index is 12.0. The number of aromatic amines is 1. The van der Waals surface area contributed by atoms with E-state index in [-0.39, 0.29) is 5.91 Å². The SMILES string of the molecule is CC(C)(NC(=O)c1ccc[nH]1)c1cccc(Cl)c1. The summed E-state index contributed by atoms with van der Waals surface area (Å²) in [7, 11) is 0. The lowest BCUT2D eigenvalue weighted by molar-refractivity contribution is 0.0907. The zero-order valence-electron chi connectivity index (χ0n) is 10.3. The van der Waals surface area contributed by atoms with Gasteiger partial charge in [0, 0.05) is 11.2 Å². The average molecular weight is 263 g/mol. The molecule has 1 amide bonds. The summed E-state index contributed by atoms with van der Waals surface area (Å²) >= 11 is 5.97. The zero-order chi connectivity index (χ0) is 13.2. The first-order chi connectivity index (χ1) is 8.49. The van der Waals surface area contributed by atoms with Gasteiger partial charge in [0.25, 0.3) is 5.91 Å². The van der Waals surface area contributed by atoms with Crippen LogP contribution < -0.4 is 5.32 Å². The monoisotopic (exact) mass is 262 g/mol. The minimum atomic E-state index is -0.479. The van der Waals surface area contributed by atoms with Gasteiger partial charge in [-0.1, -0.05) is 23.7 Å². The molecule has 0 spiro atoms. The lowest BCUT2D eigenvalue weighted by atomic mass is 9.94. The van der Waals surface area contributed by atoms with E-state index < -0.39 is 5.54 Å². The lowest BCUT2D eigenvalue weighted by Crippen LogP contribution is -2.41. The predicted octanol–water partition coefficient (Wildman–Crippen LogP) is 3.33. The van der Waals surface area contributed by atoms with E-state index in [1.54, 1.807) is 18.3 Å². The van der Waals surface area contributed by atoms with Crippen LogP contribution in [0.2, 0.25) is 5.02 Å². The van der Waals surface area contributed by atoms with E-state index in [2.05, 4.69) is 10.3 Å².